The number of carbonyl (C=O) groups excluding carboxylic acids is 1. The van der Waals surface area contributed by atoms with Crippen LogP contribution in [-0.2, 0) is 20.9 Å². The van der Waals surface area contributed by atoms with Gasteiger partial charge in [0.15, 0.2) is 11.2 Å². The lowest BCUT2D eigenvalue weighted by Crippen LogP contribution is -2.49. The van der Waals surface area contributed by atoms with Gasteiger partial charge in [-0.25, -0.2) is 9.97 Å². The Hall–Kier alpha value is -5.24. The van der Waals surface area contributed by atoms with Crippen LogP contribution in [0.15, 0.2) is 35.3 Å². The van der Waals surface area contributed by atoms with Gasteiger partial charge in [-0.3, -0.25) is 48.6 Å². The Labute approximate surface area is 280 Å². The van der Waals surface area contributed by atoms with Crippen molar-refractivity contribution in [3.63, 3.8) is 0 Å². The second-order valence-corrected chi connectivity index (χ2v) is 11.5. The number of carboxylic acid groups (broad SMARTS) is 3. The number of carbonyl (C=O) groups is 4. The van der Waals surface area contributed by atoms with Gasteiger partial charge in [0.25, 0.3) is 11.5 Å². The Morgan fingerprint density at radius 3 is 1.80 bits per heavy atom. The molecule has 0 saturated carbocycles. The number of hydrogen-bond acceptors (Lipinski definition) is 14. The highest BCUT2D eigenvalue weighted by Gasteiger charge is 2.20. The van der Waals surface area contributed by atoms with Crippen LogP contribution >= 0.6 is 0 Å². The van der Waals surface area contributed by atoms with E-state index in [2.05, 4.69) is 30.6 Å². The van der Waals surface area contributed by atoms with Crippen LogP contribution < -0.4 is 21.9 Å². The van der Waals surface area contributed by atoms with Crippen LogP contribution in [-0.4, -0.2) is 164 Å². The number of hydrogen-bond donors (Lipinski definition) is 7. The summed E-state index contributed by atoms with van der Waals surface area (Å²) in [6.45, 7) is 3.36. The molecule has 1 fully saturated rings. The van der Waals surface area contributed by atoms with Crippen LogP contribution in [0.1, 0.15) is 16.1 Å². The van der Waals surface area contributed by atoms with E-state index >= 15 is 0 Å². The number of nitrogens with two attached hydrogens (primary N) is 1. The number of aromatic amines is 1. The predicted octanol–water partition coefficient (Wildman–Crippen LogP) is -1.89. The van der Waals surface area contributed by atoms with Gasteiger partial charge in [-0.2, -0.15) is 4.98 Å². The van der Waals surface area contributed by atoms with E-state index in [1.807, 2.05) is 4.90 Å². The zero-order chi connectivity index (χ0) is 35.3. The van der Waals surface area contributed by atoms with Crippen molar-refractivity contribution in [3.05, 3.63) is 52.1 Å². The first-order chi connectivity index (χ1) is 23.4. The van der Waals surface area contributed by atoms with E-state index in [0.717, 1.165) is 0 Å². The molecule has 19 heteroatoms. The normalized spacial score (nSPS) is 16.0. The summed E-state index contributed by atoms with van der Waals surface area (Å²) < 4.78 is 0. The van der Waals surface area contributed by atoms with Crippen LogP contribution in [0.5, 0.6) is 0 Å². The Bertz CT molecular complexity index is 1640. The fraction of sp³-hybridized carbons (Fsp3) is 0.467. The van der Waals surface area contributed by atoms with E-state index in [0.29, 0.717) is 82.4 Å². The van der Waals surface area contributed by atoms with Crippen molar-refractivity contribution in [2.75, 3.05) is 96.1 Å². The van der Waals surface area contributed by atoms with Gasteiger partial charge < -0.3 is 31.7 Å². The average molecular weight is 684 g/mol. The molecule has 1 aromatic carbocycles. The van der Waals surface area contributed by atoms with Crippen molar-refractivity contribution < 1.29 is 34.5 Å². The predicted molar refractivity (Wildman–Crippen MR) is 177 cm³/mol. The molecule has 19 nitrogen and oxygen atoms in total. The quantitative estimate of drug-likeness (QED) is 0.104. The van der Waals surface area contributed by atoms with E-state index in [4.69, 9.17) is 5.73 Å². The smallest absolute Gasteiger partial charge is 0.317 e. The first kappa shape index (κ1) is 36.6. The van der Waals surface area contributed by atoms with E-state index in [1.165, 1.54) is 6.20 Å². The molecule has 8 N–H and O–H groups in total. The average Bonchev–Trinajstić information content (AvgIpc) is 3.04. The van der Waals surface area contributed by atoms with Crippen molar-refractivity contribution in [1.82, 2.24) is 44.9 Å². The number of H-pyrrole nitrogens is 1. The minimum absolute atomic E-state index is 0.0434. The zero-order valence-corrected chi connectivity index (χ0v) is 26.9. The lowest BCUT2D eigenvalue weighted by atomic mass is 10.2. The number of amides is 1. The van der Waals surface area contributed by atoms with E-state index in [-0.39, 0.29) is 49.2 Å². The summed E-state index contributed by atoms with van der Waals surface area (Å²) >= 11 is 0. The topological polar surface area (TPSA) is 264 Å². The van der Waals surface area contributed by atoms with E-state index in [9.17, 15) is 39.3 Å². The number of aliphatic carboxylic acids is 3. The van der Waals surface area contributed by atoms with E-state index in [1.54, 1.807) is 39.0 Å². The first-order valence-corrected chi connectivity index (χ1v) is 15.6. The SMILES string of the molecule is Nc1nc2ncc(CNc3ccc(C(=O)NCCN4CCN(CC(=O)O)CCN(CC(=O)O)CCN(CC(=O)O)CC4)cc3)nc2c(=O)[nH]1. The third-order valence-electron chi connectivity index (χ3n) is 7.83. The lowest BCUT2D eigenvalue weighted by molar-refractivity contribution is -0.140. The van der Waals surface area contributed by atoms with Gasteiger partial charge >= 0.3 is 17.9 Å². The van der Waals surface area contributed by atoms with Gasteiger partial charge in [0.2, 0.25) is 5.95 Å². The van der Waals surface area contributed by atoms with Crippen LogP contribution in [0.2, 0.25) is 0 Å². The molecule has 0 unspecified atom stereocenters. The Morgan fingerprint density at radius 1 is 0.776 bits per heavy atom. The molecule has 1 aliphatic rings. The largest absolute Gasteiger partial charge is 0.480 e. The van der Waals surface area contributed by atoms with Gasteiger partial charge in [0.05, 0.1) is 38.1 Å². The van der Waals surface area contributed by atoms with Gasteiger partial charge in [-0.1, -0.05) is 0 Å². The summed E-state index contributed by atoms with van der Waals surface area (Å²) in [7, 11) is 0. The van der Waals surface area contributed by atoms with Crippen molar-refractivity contribution in [2.24, 2.45) is 0 Å². The summed E-state index contributed by atoms with van der Waals surface area (Å²) in [6.07, 6.45) is 1.49. The van der Waals surface area contributed by atoms with Crippen molar-refractivity contribution >= 4 is 46.6 Å². The molecule has 49 heavy (non-hydrogen) atoms. The van der Waals surface area contributed by atoms with Crippen LogP contribution in [0.3, 0.4) is 0 Å². The fourth-order valence-electron chi connectivity index (χ4n) is 5.27. The molecular formula is C30H41N11O8. The lowest BCUT2D eigenvalue weighted by Gasteiger charge is -2.33. The monoisotopic (exact) mass is 683 g/mol. The third-order valence-corrected chi connectivity index (χ3v) is 7.83. The van der Waals surface area contributed by atoms with Gasteiger partial charge in [0.1, 0.15) is 0 Å². The summed E-state index contributed by atoms with van der Waals surface area (Å²) in [4.78, 5) is 81.4. The second-order valence-electron chi connectivity index (χ2n) is 11.5. The highest BCUT2D eigenvalue weighted by atomic mass is 16.4. The molecule has 1 saturated heterocycles. The molecule has 1 aliphatic heterocycles. The molecule has 0 aliphatic carbocycles. The van der Waals surface area contributed by atoms with Crippen molar-refractivity contribution in [3.8, 4) is 0 Å². The Balaban J connectivity index is 1.31. The van der Waals surface area contributed by atoms with Crippen LogP contribution in [0.4, 0.5) is 11.6 Å². The highest BCUT2D eigenvalue weighted by Crippen LogP contribution is 2.12. The molecule has 3 heterocycles. The number of aromatic nitrogens is 4. The molecule has 0 radical (unpaired) electrons. The second kappa shape index (κ2) is 17.8. The standard InChI is InChI=1S/C30H41N11O8/c31-30-36-27-26(29(49)37-30)35-22(16-34-27)15-33-21-3-1-20(2-4-21)28(48)32-5-6-38-7-9-39(17-23(42)43)11-13-41(19-25(46)47)14-12-40(10-8-38)18-24(44)45/h1-4,16,33H,5-15,17-19H2,(H,32,48)(H,42,43)(H,44,45)(H,46,47)(H3,31,34,36,37,49). The van der Waals surface area contributed by atoms with Gasteiger partial charge in [0, 0.05) is 76.7 Å². The van der Waals surface area contributed by atoms with Crippen LogP contribution in [0.25, 0.3) is 11.2 Å². The molecule has 0 atom stereocenters. The van der Waals surface area contributed by atoms with Gasteiger partial charge in [-0.15, -0.1) is 0 Å². The molecule has 3 aromatic rings. The Kier molecular flexibility index (Phi) is 13.3. The number of rotatable bonds is 13. The first-order valence-electron chi connectivity index (χ1n) is 15.6. The molecule has 1 amide bonds. The molecule has 2 aromatic heterocycles. The zero-order valence-electron chi connectivity index (χ0n) is 26.9. The number of benzene rings is 1. The summed E-state index contributed by atoms with van der Waals surface area (Å²) in [5, 5.41) is 34.2. The maximum Gasteiger partial charge on any atom is 0.317 e. The molecule has 4 rings (SSSR count). The Morgan fingerprint density at radius 2 is 1.29 bits per heavy atom. The number of nitrogens with zero attached hydrogens (tertiary/aromatic N) is 7. The number of fused-ring (bicyclic) bond motifs is 1. The van der Waals surface area contributed by atoms with E-state index < -0.39 is 23.5 Å². The number of carboxylic acids is 3. The minimum Gasteiger partial charge on any atom is -0.480 e. The van der Waals surface area contributed by atoms with Gasteiger partial charge in [-0.05, 0) is 24.3 Å². The maximum absolute atomic E-state index is 12.9. The molecule has 0 bridgehead atoms. The van der Waals surface area contributed by atoms with Crippen molar-refractivity contribution in [2.45, 2.75) is 6.54 Å². The number of nitrogens with one attached hydrogen (secondary N) is 3. The summed E-state index contributed by atoms with van der Waals surface area (Å²) in [6, 6.07) is 6.80. The minimum atomic E-state index is -1.01. The van der Waals surface area contributed by atoms with Crippen molar-refractivity contribution in [1.29, 1.82) is 0 Å². The fourth-order valence-corrected chi connectivity index (χ4v) is 5.27. The third kappa shape index (κ3) is 12.1. The summed E-state index contributed by atoms with van der Waals surface area (Å²) in [5.74, 6) is -3.33. The highest BCUT2D eigenvalue weighted by molar-refractivity contribution is 5.94. The molecule has 0 spiro atoms. The molecule has 264 valence electrons. The van der Waals surface area contributed by atoms with Crippen LogP contribution in [0, 0.1) is 0 Å². The number of anilines is 2. The molecular weight excluding hydrogens is 642 g/mol. The summed E-state index contributed by atoms with van der Waals surface area (Å²) in [5.41, 5.74) is 6.94. The maximum atomic E-state index is 12.9. The number of nitrogen functional groups attached to an aromatic ring is 1.